The van der Waals surface area contributed by atoms with Gasteiger partial charge in [-0.1, -0.05) is 30.6 Å². The lowest BCUT2D eigenvalue weighted by Crippen LogP contribution is -2.51. The number of ketones is 1. The first kappa shape index (κ1) is 31.7. The number of ether oxygens (including phenoxy) is 1. The Morgan fingerprint density at radius 3 is 2.61 bits per heavy atom. The van der Waals surface area contributed by atoms with Gasteiger partial charge >= 0.3 is 11.7 Å². The molecule has 11 heteroatoms. The van der Waals surface area contributed by atoms with Crippen LogP contribution in [0.3, 0.4) is 0 Å². The quantitative estimate of drug-likeness (QED) is 0.224. The number of allylic oxidation sites excluding steroid dienone is 2. The Morgan fingerprint density at radius 2 is 1.91 bits per heavy atom. The van der Waals surface area contributed by atoms with E-state index in [4.69, 9.17) is 9.57 Å². The molecule has 238 valence electrons. The number of phenolic OH excluding ortho intramolecular Hbond substituents is 1. The molecule has 4 aliphatic rings. The molecule has 3 fully saturated rings. The number of hydrogen-bond donors (Lipinski definition) is 2. The van der Waals surface area contributed by atoms with Crippen LogP contribution in [0, 0.1) is 44.6 Å². The second-order valence-electron chi connectivity index (χ2n) is 13.6. The van der Waals surface area contributed by atoms with Crippen LogP contribution >= 0.6 is 0 Å². The number of fused-ring (bicyclic) bond motifs is 5. The molecule has 1 amide bonds. The number of amides is 1. The second kappa shape index (κ2) is 12.3. The normalized spacial score (nSPS) is 32.4. The van der Waals surface area contributed by atoms with E-state index in [1.165, 1.54) is 24.8 Å². The Labute approximate surface area is 257 Å². The number of oxime groups is 1. The van der Waals surface area contributed by atoms with Crippen molar-refractivity contribution in [1.82, 2.24) is 5.32 Å². The van der Waals surface area contributed by atoms with Gasteiger partial charge in [-0.25, -0.2) is 4.79 Å². The van der Waals surface area contributed by atoms with Gasteiger partial charge in [0.2, 0.25) is 0 Å². The lowest BCUT2D eigenvalue weighted by Gasteiger charge is -2.58. The predicted octanol–water partition coefficient (Wildman–Crippen LogP) is 5.04. The fourth-order valence-corrected chi connectivity index (χ4v) is 9.13. The van der Waals surface area contributed by atoms with Crippen LogP contribution in [0.4, 0.5) is 5.69 Å². The van der Waals surface area contributed by atoms with Gasteiger partial charge in [-0.3, -0.25) is 19.7 Å². The minimum Gasteiger partial charge on any atom is -0.502 e. The number of esters is 1. The molecule has 0 spiro atoms. The molecule has 4 aliphatic carbocycles. The van der Waals surface area contributed by atoms with Crippen molar-refractivity contribution in [2.24, 2.45) is 39.7 Å². The summed E-state index contributed by atoms with van der Waals surface area (Å²) in [5, 5.41) is 27.7. The largest absolute Gasteiger partial charge is 0.502 e. The number of rotatable bonds is 9. The van der Waals surface area contributed by atoms with Crippen molar-refractivity contribution in [3.8, 4) is 5.75 Å². The van der Waals surface area contributed by atoms with E-state index in [1.807, 2.05) is 0 Å². The number of hydrogen-bond acceptors (Lipinski definition) is 9. The number of Topliss-reactive ketones (excluding diaryl/α,β-unsaturated/α-hetero) is 1. The van der Waals surface area contributed by atoms with Gasteiger partial charge in [0.1, 0.15) is 11.8 Å². The number of nitrogens with zero attached hydrogens (tertiary/aromatic N) is 2. The summed E-state index contributed by atoms with van der Waals surface area (Å²) in [6.07, 6.45) is 10.4. The maximum absolute atomic E-state index is 12.7. The van der Waals surface area contributed by atoms with Gasteiger partial charge in [0.25, 0.3) is 5.91 Å². The molecule has 7 atom stereocenters. The first-order chi connectivity index (χ1) is 20.9. The summed E-state index contributed by atoms with van der Waals surface area (Å²) in [7, 11) is 1.18. The van der Waals surface area contributed by atoms with Crippen LogP contribution in [-0.4, -0.2) is 53.2 Å². The van der Waals surface area contributed by atoms with Crippen molar-refractivity contribution in [3.05, 3.63) is 45.5 Å². The average molecular weight is 610 g/mol. The summed E-state index contributed by atoms with van der Waals surface area (Å²) in [4.78, 5) is 53.3. The van der Waals surface area contributed by atoms with E-state index in [0.29, 0.717) is 29.1 Å². The Morgan fingerprint density at radius 1 is 1.14 bits per heavy atom. The number of methoxy groups -OCH3 is 1. The molecule has 1 aromatic rings. The minimum atomic E-state index is -1.11. The van der Waals surface area contributed by atoms with Gasteiger partial charge in [-0.05, 0) is 105 Å². The van der Waals surface area contributed by atoms with Gasteiger partial charge in [0.05, 0.1) is 17.7 Å². The maximum atomic E-state index is 12.7. The number of phenols is 1. The lowest BCUT2D eigenvalue weighted by molar-refractivity contribution is -0.385. The highest BCUT2D eigenvalue weighted by atomic mass is 16.6. The van der Waals surface area contributed by atoms with E-state index in [2.05, 4.69) is 30.4 Å². The highest BCUT2D eigenvalue weighted by molar-refractivity contribution is 5.96. The number of benzene rings is 1. The van der Waals surface area contributed by atoms with Gasteiger partial charge in [-0.2, -0.15) is 0 Å². The summed E-state index contributed by atoms with van der Waals surface area (Å²) < 4.78 is 4.80. The van der Waals surface area contributed by atoms with Crippen molar-refractivity contribution in [1.29, 1.82) is 0 Å². The van der Waals surface area contributed by atoms with Crippen molar-refractivity contribution < 1.29 is 34.0 Å². The summed E-state index contributed by atoms with van der Waals surface area (Å²) in [5.74, 6) is 0.626. The molecule has 0 aliphatic heterocycles. The third-order valence-corrected chi connectivity index (χ3v) is 11.3. The average Bonchev–Trinajstić information content (AvgIpc) is 3.35. The van der Waals surface area contributed by atoms with Crippen LogP contribution in [0.25, 0.3) is 0 Å². The zero-order valence-electron chi connectivity index (χ0n) is 26.0. The fraction of sp³-hybridized carbons (Fsp3) is 0.636. The van der Waals surface area contributed by atoms with Crippen LogP contribution in [0.1, 0.15) is 77.7 Å². The predicted molar refractivity (Wildman–Crippen MR) is 162 cm³/mol. The third kappa shape index (κ3) is 5.85. The van der Waals surface area contributed by atoms with E-state index in [-0.39, 0.29) is 23.2 Å². The molecule has 0 heterocycles. The van der Waals surface area contributed by atoms with E-state index in [9.17, 15) is 29.6 Å². The van der Waals surface area contributed by atoms with Crippen molar-refractivity contribution >= 4 is 29.1 Å². The lowest BCUT2D eigenvalue weighted by atomic mass is 9.46. The van der Waals surface area contributed by atoms with Crippen molar-refractivity contribution in [3.63, 3.8) is 0 Å². The Hall–Kier alpha value is -3.76. The molecule has 5 rings (SSSR count). The van der Waals surface area contributed by atoms with Crippen LogP contribution in [0.15, 0.2) is 35.0 Å². The summed E-state index contributed by atoms with van der Waals surface area (Å²) in [5.41, 5.74) is 2.30. The number of nitro benzene ring substituents is 1. The Balaban J connectivity index is 1.19. The van der Waals surface area contributed by atoms with Gasteiger partial charge in [0, 0.05) is 18.4 Å². The SMILES string of the molecule is COC(=O)[C@H](Cc1ccc(O)c([N+](=O)[O-])c1)NC(=O)CON=C1C=C2CC[C@H]3[C@@H](CC[C@]4(C)[C@H](C(C)=O)CC[C@@H]34)[C@@]2(C)CC1. The van der Waals surface area contributed by atoms with Crippen LogP contribution < -0.4 is 5.32 Å². The topological polar surface area (TPSA) is 157 Å². The third-order valence-electron chi connectivity index (χ3n) is 11.3. The summed E-state index contributed by atoms with van der Waals surface area (Å²) in [6, 6.07) is 2.65. The first-order valence-electron chi connectivity index (χ1n) is 15.6. The molecule has 0 saturated heterocycles. The summed E-state index contributed by atoms with van der Waals surface area (Å²) >= 11 is 0. The van der Waals surface area contributed by atoms with Crippen LogP contribution in [0.2, 0.25) is 0 Å². The molecule has 3 saturated carbocycles. The molecule has 0 bridgehead atoms. The first-order valence-corrected chi connectivity index (χ1v) is 15.6. The van der Waals surface area contributed by atoms with Crippen molar-refractivity contribution in [2.75, 3.05) is 13.7 Å². The van der Waals surface area contributed by atoms with E-state index >= 15 is 0 Å². The Kier molecular flexibility index (Phi) is 8.87. The zero-order chi connectivity index (χ0) is 31.8. The molecule has 0 radical (unpaired) electrons. The van der Waals surface area contributed by atoms with E-state index < -0.39 is 40.9 Å². The monoisotopic (exact) mass is 609 g/mol. The summed E-state index contributed by atoms with van der Waals surface area (Å²) in [6.45, 7) is 6.13. The molecule has 11 nitrogen and oxygen atoms in total. The molecule has 0 unspecified atom stereocenters. The van der Waals surface area contributed by atoms with E-state index in [0.717, 1.165) is 63.1 Å². The van der Waals surface area contributed by atoms with Gasteiger partial charge in [-0.15, -0.1) is 0 Å². The fourth-order valence-electron chi connectivity index (χ4n) is 9.13. The second-order valence-corrected chi connectivity index (χ2v) is 13.6. The van der Waals surface area contributed by atoms with Gasteiger partial charge < -0.3 is 20.0 Å². The highest BCUT2D eigenvalue weighted by Gasteiger charge is 2.59. The number of carbonyl (C=O) groups excluding carboxylic acids is 3. The standard InChI is InChI=1S/C33H43N3O8/c1-19(37)24-8-9-25-23-7-6-21-17-22(11-13-32(21,2)26(23)12-14-33(24,25)3)35-44-18-30(39)34-27(31(40)43-4)15-20-5-10-29(38)28(16-20)36(41)42/h5,10,16-17,23-27,38H,6-9,11-15,18H2,1-4H3,(H,34,39)/t23-,24+,25+,26-,27+,32+,33-/m1/s1. The highest BCUT2D eigenvalue weighted by Crippen LogP contribution is 2.66. The number of aromatic hydroxyl groups is 1. The number of nitro groups is 1. The molecular formula is C33H43N3O8. The molecule has 44 heavy (non-hydrogen) atoms. The van der Waals surface area contributed by atoms with Crippen LogP contribution in [-0.2, 0) is 30.4 Å². The maximum Gasteiger partial charge on any atom is 0.328 e. The molecule has 2 N–H and O–H groups in total. The van der Waals surface area contributed by atoms with Crippen molar-refractivity contribution in [2.45, 2.75) is 84.6 Å². The molecule has 0 aromatic heterocycles. The zero-order valence-corrected chi connectivity index (χ0v) is 26.0. The minimum absolute atomic E-state index is 0.0731. The molecular weight excluding hydrogens is 566 g/mol. The number of nitrogens with one attached hydrogen (secondary N) is 1. The smallest absolute Gasteiger partial charge is 0.328 e. The van der Waals surface area contributed by atoms with Crippen LogP contribution in [0.5, 0.6) is 5.75 Å². The van der Waals surface area contributed by atoms with E-state index in [1.54, 1.807) is 6.92 Å². The number of carbonyl (C=O) groups is 3. The van der Waals surface area contributed by atoms with Gasteiger partial charge in [0.15, 0.2) is 12.4 Å². The Bertz CT molecular complexity index is 1410. The molecule has 1 aromatic carbocycles.